The molecule has 0 saturated heterocycles. The third-order valence-corrected chi connectivity index (χ3v) is 6.95. The van der Waals surface area contributed by atoms with Crippen LogP contribution in [0.5, 0.6) is 0 Å². The first-order valence-corrected chi connectivity index (χ1v) is 11.6. The Kier molecular flexibility index (Phi) is 4.48. The minimum absolute atomic E-state index is 0.0589. The number of pyridine rings is 1. The van der Waals surface area contributed by atoms with Gasteiger partial charge in [-0.2, -0.15) is 0 Å². The molecule has 1 N–H and O–H groups in total. The molecule has 0 radical (unpaired) electrons. The lowest BCUT2D eigenvalue weighted by Gasteiger charge is -2.40. The third kappa shape index (κ3) is 3.36. The molecule has 0 amide bonds. The average molecular weight is 431 g/mol. The standard InChI is InChI=1S/C30H26N2O/c1-30(2)17-23-27-22-9-6-16-31-24(22)14-15-25(27)32-29(28(23)26(33)18-30)21-12-10-20(11-13-21)19-7-4-3-5-8-19/h3-16,29,32H,17-18H2,1-2H3. The van der Waals surface area contributed by atoms with Gasteiger partial charge >= 0.3 is 0 Å². The van der Waals surface area contributed by atoms with Gasteiger partial charge in [0.1, 0.15) is 0 Å². The molecule has 162 valence electrons. The molecule has 0 saturated carbocycles. The van der Waals surface area contributed by atoms with E-state index in [0.29, 0.717) is 6.42 Å². The molecule has 3 aromatic carbocycles. The van der Waals surface area contributed by atoms with Gasteiger partial charge in [-0.05, 0) is 52.3 Å². The van der Waals surface area contributed by atoms with Gasteiger partial charge in [0.05, 0.1) is 11.6 Å². The number of aromatic nitrogens is 1. The maximum absolute atomic E-state index is 13.5. The molecular formula is C30H26N2O. The third-order valence-electron chi connectivity index (χ3n) is 6.95. The maximum atomic E-state index is 13.5. The van der Waals surface area contributed by atoms with Gasteiger partial charge in [0.15, 0.2) is 5.78 Å². The molecule has 1 atom stereocenters. The smallest absolute Gasteiger partial charge is 0.162 e. The predicted molar refractivity (Wildman–Crippen MR) is 135 cm³/mol. The number of rotatable bonds is 2. The molecule has 1 aromatic heterocycles. The Labute approximate surface area is 194 Å². The second kappa shape index (κ2) is 7.41. The number of fused-ring (bicyclic) bond motifs is 4. The van der Waals surface area contributed by atoms with Crippen LogP contribution in [0, 0.1) is 5.41 Å². The minimum Gasteiger partial charge on any atom is -0.373 e. The van der Waals surface area contributed by atoms with E-state index in [1.165, 1.54) is 16.7 Å². The molecule has 0 bridgehead atoms. The molecule has 0 spiro atoms. The van der Waals surface area contributed by atoms with Crippen LogP contribution in [0.25, 0.3) is 27.6 Å². The monoisotopic (exact) mass is 430 g/mol. The second-order valence-corrected chi connectivity index (χ2v) is 9.96. The van der Waals surface area contributed by atoms with Crippen molar-refractivity contribution in [2.24, 2.45) is 5.41 Å². The first kappa shape index (κ1) is 19.9. The fraction of sp³-hybridized carbons (Fsp3) is 0.200. The van der Waals surface area contributed by atoms with Crippen molar-refractivity contribution in [2.45, 2.75) is 32.7 Å². The molecule has 2 aliphatic rings. The van der Waals surface area contributed by atoms with Gasteiger partial charge < -0.3 is 5.32 Å². The van der Waals surface area contributed by atoms with Gasteiger partial charge in [-0.15, -0.1) is 0 Å². The van der Waals surface area contributed by atoms with E-state index in [-0.39, 0.29) is 17.2 Å². The van der Waals surface area contributed by atoms with Crippen LogP contribution in [0.3, 0.4) is 0 Å². The lowest BCUT2D eigenvalue weighted by Crippen LogP contribution is -2.33. The Balaban J connectivity index is 1.51. The number of carbonyl (C=O) groups is 1. The van der Waals surface area contributed by atoms with Crippen LogP contribution in [0.1, 0.15) is 43.9 Å². The van der Waals surface area contributed by atoms with Gasteiger partial charge in [0.25, 0.3) is 0 Å². The minimum atomic E-state index is -0.143. The molecule has 1 unspecified atom stereocenters. The van der Waals surface area contributed by atoms with Crippen LogP contribution >= 0.6 is 0 Å². The van der Waals surface area contributed by atoms with Gasteiger partial charge in [0, 0.05) is 34.8 Å². The number of carbonyl (C=O) groups excluding carboxylic acids is 1. The summed E-state index contributed by atoms with van der Waals surface area (Å²) in [5.74, 6) is 0.248. The summed E-state index contributed by atoms with van der Waals surface area (Å²) in [4.78, 5) is 18.1. The van der Waals surface area contributed by atoms with Gasteiger partial charge in [-0.25, -0.2) is 0 Å². The Bertz CT molecular complexity index is 1420. The number of nitrogens with one attached hydrogen (secondary N) is 1. The largest absolute Gasteiger partial charge is 0.373 e. The predicted octanol–water partition coefficient (Wildman–Crippen LogP) is 7.21. The number of nitrogens with zero attached hydrogens (tertiary/aromatic N) is 1. The van der Waals surface area contributed by atoms with Crippen molar-refractivity contribution >= 4 is 27.9 Å². The van der Waals surface area contributed by atoms with E-state index in [9.17, 15) is 4.79 Å². The lowest BCUT2D eigenvalue weighted by atomic mass is 9.68. The van der Waals surface area contributed by atoms with Crippen molar-refractivity contribution in [1.82, 2.24) is 4.98 Å². The number of anilines is 1. The van der Waals surface area contributed by atoms with Crippen LogP contribution in [0.4, 0.5) is 5.69 Å². The van der Waals surface area contributed by atoms with Crippen LogP contribution in [0.2, 0.25) is 0 Å². The van der Waals surface area contributed by atoms with E-state index in [1.54, 1.807) is 0 Å². The Morgan fingerprint density at radius 1 is 0.848 bits per heavy atom. The van der Waals surface area contributed by atoms with E-state index < -0.39 is 0 Å². The van der Waals surface area contributed by atoms with Crippen LogP contribution in [-0.2, 0) is 4.79 Å². The number of benzene rings is 3. The van der Waals surface area contributed by atoms with E-state index >= 15 is 0 Å². The normalized spacial score (nSPS) is 19.1. The van der Waals surface area contributed by atoms with Crippen molar-refractivity contribution in [2.75, 3.05) is 5.32 Å². The molecule has 3 heteroatoms. The molecule has 4 aromatic rings. The summed E-state index contributed by atoms with van der Waals surface area (Å²) in [6.07, 6.45) is 3.28. The second-order valence-electron chi connectivity index (χ2n) is 9.96. The Hall–Kier alpha value is -3.72. The number of hydrogen-bond acceptors (Lipinski definition) is 3. The first-order valence-electron chi connectivity index (χ1n) is 11.6. The van der Waals surface area contributed by atoms with Crippen molar-refractivity contribution in [3.05, 3.63) is 102 Å². The Morgan fingerprint density at radius 3 is 2.39 bits per heavy atom. The zero-order valence-electron chi connectivity index (χ0n) is 18.9. The van der Waals surface area contributed by atoms with Gasteiger partial charge in [-0.3, -0.25) is 9.78 Å². The van der Waals surface area contributed by atoms with Crippen LogP contribution in [-0.4, -0.2) is 10.8 Å². The molecule has 1 aliphatic carbocycles. The average Bonchev–Trinajstić information content (AvgIpc) is 2.83. The van der Waals surface area contributed by atoms with Gasteiger partial charge in [0.2, 0.25) is 0 Å². The van der Waals surface area contributed by atoms with Gasteiger partial charge in [-0.1, -0.05) is 74.5 Å². The summed E-state index contributed by atoms with van der Waals surface area (Å²) in [6.45, 7) is 4.40. The summed E-state index contributed by atoms with van der Waals surface area (Å²) < 4.78 is 0. The summed E-state index contributed by atoms with van der Waals surface area (Å²) in [7, 11) is 0. The van der Waals surface area contributed by atoms with Crippen LogP contribution < -0.4 is 5.32 Å². The highest BCUT2D eigenvalue weighted by molar-refractivity contribution is 6.12. The van der Waals surface area contributed by atoms with Crippen molar-refractivity contribution in [3.8, 4) is 11.1 Å². The molecule has 1 aliphatic heterocycles. The maximum Gasteiger partial charge on any atom is 0.162 e. The summed E-state index contributed by atoms with van der Waals surface area (Å²) in [5.41, 5.74) is 8.73. The molecule has 3 nitrogen and oxygen atoms in total. The zero-order chi connectivity index (χ0) is 22.6. The molecular weight excluding hydrogens is 404 g/mol. The number of ketones is 1. The molecule has 6 rings (SSSR count). The van der Waals surface area contributed by atoms with E-state index in [0.717, 1.165) is 39.7 Å². The highest BCUT2D eigenvalue weighted by Crippen LogP contribution is 2.51. The van der Waals surface area contributed by atoms with Crippen molar-refractivity contribution in [1.29, 1.82) is 0 Å². The first-order chi connectivity index (χ1) is 16.0. The molecule has 2 heterocycles. The van der Waals surface area contributed by atoms with Crippen molar-refractivity contribution in [3.63, 3.8) is 0 Å². The fourth-order valence-electron chi connectivity index (χ4n) is 5.47. The molecule has 33 heavy (non-hydrogen) atoms. The number of hydrogen-bond donors (Lipinski definition) is 1. The van der Waals surface area contributed by atoms with E-state index in [4.69, 9.17) is 0 Å². The zero-order valence-corrected chi connectivity index (χ0v) is 18.9. The van der Waals surface area contributed by atoms with E-state index in [2.05, 4.69) is 90.9 Å². The summed E-state index contributed by atoms with van der Waals surface area (Å²) in [6, 6.07) is 27.2. The topological polar surface area (TPSA) is 42.0 Å². The van der Waals surface area contributed by atoms with E-state index in [1.807, 2.05) is 18.3 Å². The number of Topliss-reactive ketones (excluding diaryl/α,β-unsaturated/α-hetero) is 1. The quantitative estimate of drug-likeness (QED) is 0.365. The van der Waals surface area contributed by atoms with Crippen LogP contribution in [0.15, 0.2) is 90.6 Å². The Morgan fingerprint density at radius 2 is 1.61 bits per heavy atom. The molecule has 0 fully saturated rings. The SMILES string of the molecule is CC1(C)CC(=O)C2=C(C1)c1c(ccc3ncccc13)NC2c1ccc(-c2ccccc2)cc1. The fourth-order valence-corrected chi connectivity index (χ4v) is 5.47. The summed E-state index contributed by atoms with van der Waals surface area (Å²) in [5, 5.41) is 4.82. The van der Waals surface area contributed by atoms with Crippen molar-refractivity contribution < 1.29 is 4.79 Å². The highest BCUT2D eigenvalue weighted by Gasteiger charge is 2.40. The number of allylic oxidation sites excluding steroid dienone is 1. The summed E-state index contributed by atoms with van der Waals surface area (Å²) >= 11 is 0. The highest BCUT2D eigenvalue weighted by atomic mass is 16.1. The lowest BCUT2D eigenvalue weighted by molar-refractivity contribution is -0.118.